The number of carbonyl (C=O) groups is 1. The second-order valence-corrected chi connectivity index (χ2v) is 6.95. The second-order valence-electron chi connectivity index (χ2n) is 6.95. The molecule has 1 saturated heterocycles. The number of aromatic nitrogens is 2. The summed E-state index contributed by atoms with van der Waals surface area (Å²) in [4.78, 5) is 18.6. The van der Waals surface area contributed by atoms with Gasteiger partial charge in [-0.3, -0.25) is 4.79 Å². The zero-order chi connectivity index (χ0) is 14.2. The van der Waals surface area contributed by atoms with E-state index in [0.717, 1.165) is 37.1 Å². The van der Waals surface area contributed by atoms with Gasteiger partial charge in [0.05, 0.1) is 5.92 Å². The highest BCUT2D eigenvalue weighted by molar-refractivity contribution is 5.77. The van der Waals surface area contributed by atoms with Crippen molar-refractivity contribution in [2.24, 2.45) is 5.92 Å². The molecular formula is C16H23N3O2. The topological polar surface area (TPSA) is 59.2 Å². The Kier molecular flexibility index (Phi) is 3.43. The Labute approximate surface area is 125 Å². The maximum absolute atomic E-state index is 12.1. The lowest BCUT2D eigenvalue weighted by Gasteiger charge is -2.37. The Bertz CT molecular complexity index is 511. The zero-order valence-corrected chi connectivity index (χ0v) is 12.5. The molecule has 114 valence electrons. The lowest BCUT2D eigenvalue weighted by molar-refractivity contribution is -0.136. The molecule has 5 heteroatoms. The molecule has 0 aromatic carbocycles. The fourth-order valence-corrected chi connectivity index (χ4v) is 3.54. The standard InChI is InChI=1S/C16H23N3O2/c20-14(8-5-11-3-1-2-4-11)19-9-13(10-19)16-17-15(18-21-16)12-6-7-12/h11-13H,1-10H2. The van der Waals surface area contributed by atoms with Gasteiger partial charge in [0, 0.05) is 25.4 Å². The molecule has 3 fully saturated rings. The van der Waals surface area contributed by atoms with Crippen molar-refractivity contribution < 1.29 is 9.32 Å². The molecule has 2 saturated carbocycles. The average molecular weight is 289 g/mol. The van der Waals surface area contributed by atoms with E-state index in [0.29, 0.717) is 18.2 Å². The molecule has 1 amide bonds. The third kappa shape index (κ3) is 2.83. The third-order valence-electron chi connectivity index (χ3n) is 5.22. The first-order valence-corrected chi connectivity index (χ1v) is 8.41. The summed E-state index contributed by atoms with van der Waals surface area (Å²) in [5.41, 5.74) is 0. The lowest BCUT2D eigenvalue weighted by Crippen LogP contribution is -2.48. The van der Waals surface area contributed by atoms with E-state index in [4.69, 9.17) is 4.52 Å². The normalized spacial score (nSPS) is 23.5. The van der Waals surface area contributed by atoms with E-state index >= 15 is 0 Å². The van der Waals surface area contributed by atoms with Crippen molar-refractivity contribution in [3.05, 3.63) is 11.7 Å². The summed E-state index contributed by atoms with van der Waals surface area (Å²) < 4.78 is 5.34. The first-order valence-electron chi connectivity index (χ1n) is 8.41. The first kappa shape index (κ1) is 13.3. The number of rotatable bonds is 5. The average Bonchev–Trinajstić information content (AvgIpc) is 2.97. The van der Waals surface area contributed by atoms with E-state index in [-0.39, 0.29) is 5.92 Å². The Balaban J connectivity index is 1.23. The monoisotopic (exact) mass is 289 g/mol. The van der Waals surface area contributed by atoms with Crippen LogP contribution in [0.1, 0.15) is 74.9 Å². The van der Waals surface area contributed by atoms with Gasteiger partial charge in [-0.1, -0.05) is 30.8 Å². The van der Waals surface area contributed by atoms with Crippen LogP contribution >= 0.6 is 0 Å². The molecule has 0 N–H and O–H groups in total. The third-order valence-corrected chi connectivity index (χ3v) is 5.22. The van der Waals surface area contributed by atoms with E-state index < -0.39 is 0 Å². The quantitative estimate of drug-likeness (QED) is 0.836. The summed E-state index contributed by atoms with van der Waals surface area (Å²) in [6, 6.07) is 0. The number of hydrogen-bond acceptors (Lipinski definition) is 4. The first-order chi connectivity index (χ1) is 10.3. The molecule has 4 rings (SSSR count). The molecule has 0 unspecified atom stereocenters. The van der Waals surface area contributed by atoms with Gasteiger partial charge in [-0.15, -0.1) is 0 Å². The van der Waals surface area contributed by atoms with Crippen LogP contribution in [-0.4, -0.2) is 34.0 Å². The van der Waals surface area contributed by atoms with Gasteiger partial charge in [-0.2, -0.15) is 4.98 Å². The molecule has 21 heavy (non-hydrogen) atoms. The van der Waals surface area contributed by atoms with Crippen LogP contribution in [0.2, 0.25) is 0 Å². The van der Waals surface area contributed by atoms with Crippen LogP contribution in [0.15, 0.2) is 4.52 Å². The molecule has 1 aromatic rings. The van der Waals surface area contributed by atoms with Gasteiger partial charge in [0.2, 0.25) is 11.8 Å². The van der Waals surface area contributed by atoms with Crippen molar-refractivity contribution >= 4 is 5.91 Å². The zero-order valence-electron chi connectivity index (χ0n) is 12.5. The van der Waals surface area contributed by atoms with Gasteiger partial charge in [0.15, 0.2) is 5.82 Å². The van der Waals surface area contributed by atoms with Gasteiger partial charge in [0.1, 0.15) is 0 Å². The highest BCUT2D eigenvalue weighted by Gasteiger charge is 2.37. The van der Waals surface area contributed by atoms with E-state index in [1.54, 1.807) is 0 Å². The summed E-state index contributed by atoms with van der Waals surface area (Å²) in [6.07, 6.45) is 9.52. The van der Waals surface area contributed by atoms with Crippen molar-refractivity contribution in [1.29, 1.82) is 0 Å². The highest BCUT2D eigenvalue weighted by atomic mass is 16.5. The second kappa shape index (κ2) is 5.43. The largest absolute Gasteiger partial charge is 0.341 e. The van der Waals surface area contributed by atoms with Crippen LogP contribution in [0, 0.1) is 5.92 Å². The predicted molar refractivity (Wildman–Crippen MR) is 76.8 cm³/mol. The van der Waals surface area contributed by atoms with Gasteiger partial charge >= 0.3 is 0 Å². The molecule has 1 aliphatic heterocycles. The van der Waals surface area contributed by atoms with Crippen LogP contribution in [0.5, 0.6) is 0 Å². The Morgan fingerprint density at radius 2 is 1.90 bits per heavy atom. The molecule has 1 aromatic heterocycles. The number of amides is 1. The van der Waals surface area contributed by atoms with Crippen LogP contribution in [-0.2, 0) is 4.79 Å². The van der Waals surface area contributed by atoms with Crippen LogP contribution in [0.4, 0.5) is 0 Å². The molecule has 5 nitrogen and oxygen atoms in total. The Hall–Kier alpha value is -1.39. The molecule has 3 aliphatic rings. The van der Waals surface area contributed by atoms with Crippen molar-refractivity contribution in [2.75, 3.05) is 13.1 Å². The maximum Gasteiger partial charge on any atom is 0.233 e. The molecular weight excluding hydrogens is 266 g/mol. The minimum Gasteiger partial charge on any atom is -0.341 e. The van der Waals surface area contributed by atoms with Crippen molar-refractivity contribution in [1.82, 2.24) is 15.0 Å². The molecule has 0 bridgehead atoms. The van der Waals surface area contributed by atoms with Gasteiger partial charge in [-0.05, 0) is 25.2 Å². The number of nitrogens with zero attached hydrogens (tertiary/aromatic N) is 3. The van der Waals surface area contributed by atoms with Crippen molar-refractivity contribution in [3.63, 3.8) is 0 Å². The smallest absolute Gasteiger partial charge is 0.233 e. The van der Waals surface area contributed by atoms with Crippen LogP contribution in [0.3, 0.4) is 0 Å². The highest BCUT2D eigenvalue weighted by Crippen LogP contribution is 2.39. The van der Waals surface area contributed by atoms with E-state index in [2.05, 4.69) is 10.1 Å². The fraction of sp³-hybridized carbons (Fsp3) is 0.812. The summed E-state index contributed by atoms with van der Waals surface area (Å²) in [5, 5.41) is 4.05. The molecule has 2 heterocycles. The fourth-order valence-electron chi connectivity index (χ4n) is 3.54. The molecule has 0 spiro atoms. The van der Waals surface area contributed by atoms with E-state index in [9.17, 15) is 4.79 Å². The number of carbonyl (C=O) groups excluding carboxylic acids is 1. The Morgan fingerprint density at radius 3 is 2.62 bits per heavy atom. The number of hydrogen-bond donors (Lipinski definition) is 0. The summed E-state index contributed by atoms with van der Waals surface area (Å²) in [7, 11) is 0. The minimum absolute atomic E-state index is 0.264. The summed E-state index contributed by atoms with van der Waals surface area (Å²) in [6.45, 7) is 1.52. The minimum atomic E-state index is 0.264. The summed E-state index contributed by atoms with van der Waals surface area (Å²) in [5.74, 6) is 3.50. The molecule has 0 radical (unpaired) electrons. The summed E-state index contributed by atoms with van der Waals surface area (Å²) >= 11 is 0. The molecule has 0 atom stereocenters. The SMILES string of the molecule is O=C(CCC1CCCC1)N1CC(c2nc(C3CC3)no2)C1. The van der Waals surface area contributed by atoms with Gasteiger partial charge < -0.3 is 9.42 Å². The lowest BCUT2D eigenvalue weighted by atomic mass is 9.97. The van der Waals surface area contributed by atoms with Crippen molar-refractivity contribution in [3.8, 4) is 0 Å². The van der Waals surface area contributed by atoms with E-state index in [1.807, 2.05) is 4.90 Å². The number of likely N-dealkylation sites (tertiary alicyclic amines) is 1. The Morgan fingerprint density at radius 1 is 1.14 bits per heavy atom. The predicted octanol–water partition coefficient (Wildman–Crippen LogP) is 2.84. The maximum atomic E-state index is 12.1. The van der Waals surface area contributed by atoms with E-state index in [1.165, 1.54) is 38.5 Å². The van der Waals surface area contributed by atoms with Crippen LogP contribution in [0.25, 0.3) is 0 Å². The van der Waals surface area contributed by atoms with Crippen molar-refractivity contribution in [2.45, 2.75) is 63.2 Å². The van der Waals surface area contributed by atoms with Crippen LogP contribution < -0.4 is 0 Å². The van der Waals surface area contributed by atoms with Gasteiger partial charge in [0.25, 0.3) is 0 Å². The molecule has 2 aliphatic carbocycles. The van der Waals surface area contributed by atoms with Gasteiger partial charge in [-0.25, -0.2) is 0 Å².